The average molecular weight is 487 g/mol. The van der Waals surface area contributed by atoms with Crippen molar-refractivity contribution in [3.8, 4) is 0 Å². The standard InChI is InChI=1S/C26H34N2O5S/c1-6-21-9-7-8-10-23(21)27-24(29)16-33-26(30)22-11-13-28(14-12-22)34(31,32)25-19(4)17(2)15-18(3)20(25)5/h7-10,15,22H,6,11-14,16H2,1-5H3,(H,27,29). The third-order valence-electron chi connectivity index (χ3n) is 6.70. The number of amides is 1. The summed E-state index contributed by atoms with van der Waals surface area (Å²) in [6.07, 6.45) is 1.50. The van der Waals surface area contributed by atoms with Gasteiger partial charge in [0.15, 0.2) is 6.61 Å². The molecule has 0 atom stereocenters. The molecule has 1 aliphatic heterocycles. The Morgan fingerprint density at radius 2 is 1.62 bits per heavy atom. The van der Waals surface area contributed by atoms with Gasteiger partial charge in [-0.15, -0.1) is 0 Å². The van der Waals surface area contributed by atoms with Crippen LogP contribution in [-0.4, -0.2) is 44.3 Å². The van der Waals surface area contributed by atoms with Crippen LogP contribution in [0.25, 0.3) is 0 Å². The Labute approximate surface area is 202 Å². The number of nitrogens with one attached hydrogen (secondary N) is 1. The van der Waals surface area contributed by atoms with Gasteiger partial charge in [0.05, 0.1) is 10.8 Å². The molecule has 2 aromatic carbocycles. The minimum absolute atomic E-state index is 0.240. The van der Waals surface area contributed by atoms with Crippen molar-refractivity contribution in [1.29, 1.82) is 0 Å². The van der Waals surface area contributed by atoms with Gasteiger partial charge in [0.25, 0.3) is 5.91 Å². The predicted molar refractivity (Wildman–Crippen MR) is 132 cm³/mol. The van der Waals surface area contributed by atoms with Gasteiger partial charge >= 0.3 is 5.97 Å². The third-order valence-corrected chi connectivity index (χ3v) is 8.87. The van der Waals surface area contributed by atoms with Crippen LogP contribution in [0.2, 0.25) is 0 Å². The summed E-state index contributed by atoms with van der Waals surface area (Å²) in [4.78, 5) is 25.2. The second-order valence-corrected chi connectivity index (χ2v) is 10.8. The molecule has 1 heterocycles. The molecule has 7 nitrogen and oxygen atoms in total. The van der Waals surface area contributed by atoms with E-state index in [0.717, 1.165) is 34.2 Å². The van der Waals surface area contributed by atoms with Gasteiger partial charge < -0.3 is 10.1 Å². The molecule has 1 N–H and O–H groups in total. The van der Waals surface area contributed by atoms with Crippen molar-refractivity contribution in [2.75, 3.05) is 25.0 Å². The lowest BCUT2D eigenvalue weighted by molar-refractivity contribution is -0.152. The van der Waals surface area contributed by atoms with Gasteiger partial charge in [-0.25, -0.2) is 8.42 Å². The zero-order chi connectivity index (χ0) is 25.0. The van der Waals surface area contributed by atoms with Crippen molar-refractivity contribution in [2.45, 2.75) is 58.8 Å². The maximum Gasteiger partial charge on any atom is 0.309 e. The van der Waals surface area contributed by atoms with E-state index in [1.807, 2.05) is 65.0 Å². The molecule has 1 amide bonds. The van der Waals surface area contributed by atoms with Crippen LogP contribution < -0.4 is 5.32 Å². The number of rotatable bonds is 7. The number of aryl methyl sites for hydroxylation is 3. The van der Waals surface area contributed by atoms with Crippen molar-refractivity contribution in [3.63, 3.8) is 0 Å². The molecule has 0 unspecified atom stereocenters. The van der Waals surface area contributed by atoms with E-state index in [1.54, 1.807) is 0 Å². The number of sulfonamides is 1. The molecule has 0 bridgehead atoms. The van der Waals surface area contributed by atoms with Crippen molar-refractivity contribution < 1.29 is 22.7 Å². The number of carbonyl (C=O) groups is 2. The SMILES string of the molecule is CCc1ccccc1NC(=O)COC(=O)C1CCN(S(=O)(=O)c2c(C)c(C)cc(C)c2C)CC1. The summed E-state index contributed by atoms with van der Waals surface area (Å²) in [5.41, 5.74) is 5.13. The van der Waals surface area contributed by atoms with Crippen LogP contribution in [0.15, 0.2) is 35.2 Å². The number of para-hydroxylation sites is 1. The number of hydrogen-bond acceptors (Lipinski definition) is 5. The van der Waals surface area contributed by atoms with Crippen LogP contribution in [0.1, 0.15) is 47.6 Å². The molecular formula is C26H34N2O5S. The third kappa shape index (κ3) is 5.50. The van der Waals surface area contributed by atoms with E-state index in [1.165, 1.54) is 4.31 Å². The Hall–Kier alpha value is -2.71. The van der Waals surface area contributed by atoms with Crippen LogP contribution in [0, 0.1) is 33.6 Å². The Balaban J connectivity index is 1.57. The maximum absolute atomic E-state index is 13.4. The molecule has 2 aromatic rings. The zero-order valence-corrected chi connectivity index (χ0v) is 21.4. The molecule has 3 rings (SSSR count). The first-order valence-electron chi connectivity index (χ1n) is 11.7. The van der Waals surface area contributed by atoms with Crippen LogP contribution in [0.3, 0.4) is 0 Å². The van der Waals surface area contributed by atoms with Crippen LogP contribution in [0.4, 0.5) is 5.69 Å². The van der Waals surface area contributed by atoms with Gasteiger partial charge in [-0.05, 0) is 80.8 Å². The number of carbonyl (C=O) groups excluding carboxylic acids is 2. The molecule has 8 heteroatoms. The normalized spacial score (nSPS) is 15.2. The summed E-state index contributed by atoms with van der Waals surface area (Å²) in [5.74, 6) is -1.28. The summed E-state index contributed by atoms with van der Waals surface area (Å²) in [6, 6.07) is 9.49. The van der Waals surface area contributed by atoms with Crippen molar-refractivity contribution >= 4 is 27.6 Å². The Bertz CT molecular complexity index is 1160. The second-order valence-electron chi connectivity index (χ2n) is 8.93. The minimum atomic E-state index is -3.67. The lowest BCUT2D eigenvalue weighted by Gasteiger charge is -2.31. The highest BCUT2D eigenvalue weighted by molar-refractivity contribution is 7.89. The first-order valence-corrected chi connectivity index (χ1v) is 13.1. The summed E-state index contributed by atoms with van der Waals surface area (Å²) in [6.45, 7) is 9.62. The van der Waals surface area contributed by atoms with E-state index in [2.05, 4.69) is 5.32 Å². The fourth-order valence-electron chi connectivity index (χ4n) is 4.42. The highest BCUT2D eigenvalue weighted by atomic mass is 32.2. The first-order chi connectivity index (χ1) is 16.1. The van der Waals surface area contributed by atoms with Gasteiger partial charge in [0.1, 0.15) is 0 Å². The second kappa shape index (κ2) is 10.7. The highest BCUT2D eigenvalue weighted by Gasteiger charge is 2.35. The fraction of sp³-hybridized carbons (Fsp3) is 0.462. The largest absolute Gasteiger partial charge is 0.455 e. The van der Waals surface area contributed by atoms with E-state index < -0.39 is 27.8 Å². The number of piperidine rings is 1. The molecule has 0 spiro atoms. The van der Waals surface area contributed by atoms with Crippen LogP contribution in [-0.2, 0) is 30.8 Å². The molecule has 1 aliphatic rings. The molecule has 34 heavy (non-hydrogen) atoms. The Kier molecular flexibility index (Phi) is 8.15. The molecular weight excluding hydrogens is 452 g/mol. The average Bonchev–Trinajstić information content (AvgIpc) is 2.81. The molecule has 1 fully saturated rings. The fourth-order valence-corrected chi connectivity index (χ4v) is 6.47. The number of benzene rings is 2. The molecule has 0 aromatic heterocycles. The van der Waals surface area contributed by atoms with E-state index in [0.29, 0.717) is 23.4 Å². The number of hydrogen-bond donors (Lipinski definition) is 1. The first kappa shape index (κ1) is 25.9. The molecule has 1 saturated heterocycles. The number of ether oxygens (including phenoxy) is 1. The topological polar surface area (TPSA) is 92.8 Å². The predicted octanol–water partition coefficient (Wildman–Crippen LogP) is 4.07. The quantitative estimate of drug-likeness (QED) is 0.596. The molecule has 0 radical (unpaired) electrons. The number of nitrogens with zero attached hydrogens (tertiary/aromatic N) is 1. The van der Waals surface area contributed by atoms with E-state index in [4.69, 9.17) is 4.74 Å². The lowest BCUT2D eigenvalue weighted by atomic mass is 9.98. The maximum atomic E-state index is 13.4. The van der Waals surface area contributed by atoms with Crippen LogP contribution in [0.5, 0.6) is 0 Å². The van der Waals surface area contributed by atoms with Gasteiger partial charge in [-0.1, -0.05) is 31.2 Å². The summed E-state index contributed by atoms with van der Waals surface area (Å²) in [7, 11) is -3.67. The number of anilines is 1. The Morgan fingerprint density at radius 1 is 1.03 bits per heavy atom. The van der Waals surface area contributed by atoms with E-state index in [-0.39, 0.29) is 19.7 Å². The zero-order valence-electron chi connectivity index (χ0n) is 20.6. The Morgan fingerprint density at radius 3 is 2.21 bits per heavy atom. The van der Waals surface area contributed by atoms with Gasteiger partial charge in [0, 0.05) is 18.8 Å². The van der Waals surface area contributed by atoms with Crippen molar-refractivity contribution in [2.24, 2.45) is 5.92 Å². The lowest BCUT2D eigenvalue weighted by Crippen LogP contribution is -2.41. The van der Waals surface area contributed by atoms with Gasteiger partial charge in [-0.3, -0.25) is 9.59 Å². The molecule has 0 aliphatic carbocycles. The summed E-state index contributed by atoms with van der Waals surface area (Å²) < 4.78 is 33.5. The van der Waals surface area contributed by atoms with E-state index in [9.17, 15) is 18.0 Å². The molecule has 184 valence electrons. The summed E-state index contributed by atoms with van der Waals surface area (Å²) >= 11 is 0. The van der Waals surface area contributed by atoms with Gasteiger partial charge in [-0.2, -0.15) is 4.31 Å². The summed E-state index contributed by atoms with van der Waals surface area (Å²) in [5, 5.41) is 2.78. The van der Waals surface area contributed by atoms with Gasteiger partial charge in [0.2, 0.25) is 10.0 Å². The monoisotopic (exact) mass is 486 g/mol. The molecule has 0 saturated carbocycles. The number of esters is 1. The van der Waals surface area contributed by atoms with Crippen molar-refractivity contribution in [3.05, 3.63) is 58.1 Å². The smallest absolute Gasteiger partial charge is 0.309 e. The van der Waals surface area contributed by atoms with Crippen molar-refractivity contribution in [1.82, 2.24) is 4.31 Å². The minimum Gasteiger partial charge on any atom is -0.455 e. The van der Waals surface area contributed by atoms with Crippen LogP contribution >= 0.6 is 0 Å². The van der Waals surface area contributed by atoms with E-state index >= 15 is 0 Å². The highest BCUT2D eigenvalue weighted by Crippen LogP contribution is 2.31.